The first-order chi connectivity index (χ1) is 8.65. The molecule has 0 saturated heterocycles. The van der Waals surface area contributed by atoms with Gasteiger partial charge in [0.1, 0.15) is 0 Å². The van der Waals surface area contributed by atoms with Crippen LogP contribution < -0.4 is 0 Å². The predicted octanol–water partition coefficient (Wildman–Crippen LogP) is -0.114. The Labute approximate surface area is 109 Å². The van der Waals surface area contributed by atoms with Gasteiger partial charge in [-0.05, 0) is 20.8 Å². The number of carboxylic acids is 1. The van der Waals surface area contributed by atoms with Gasteiger partial charge in [-0.3, -0.25) is 4.79 Å². The van der Waals surface area contributed by atoms with Crippen LogP contribution in [-0.2, 0) is 33.4 Å². The van der Waals surface area contributed by atoms with Gasteiger partial charge in [0.2, 0.25) is 0 Å². The van der Waals surface area contributed by atoms with Gasteiger partial charge < -0.3 is 19.3 Å². The lowest BCUT2D eigenvalue weighted by molar-refractivity contribution is -0.180. The maximum atomic E-state index is 11.4. The van der Waals surface area contributed by atoms with Crippen molar-refractivity contribution in [1.82, 2.24) is 0 Å². The molecule has 8 heteroatoms. The van der Waals surface area contributed by atoms with E-state index in [-0.39, 0.29) is 0 Å². The molecule has 0 unspecified atom stereocenters. The minimum Gasteiger partial charge on any atom is -0.479 e. The van der Waals surface area contributed by atoms with Gasteiger partial charge in [-0.1, -0.05) is 0 Å². The lowest BCUT2D eigenvalue weighted by Gasteiger charge is -2.17. The highest BCUT2D eigenvalue weighted by molar-refractivity contribution is 5.84. The Morgan fingerprint density at radius 2 is 1.16 bits per heavy atom. The minimum absolute atomic E-state index is 0.667. The van der Waals surface area contributed by atoms with E-state index in [2.05, 4.69) is 14.2 Å². The first-order valence-electron chi connectivity index (χ1n) is 5.46. The van der Waals surface area contributed by atoms with E-state index in [1.54, 1.807) is 0 Å². The quantitative estimate of drug-likeness (QED) is 0.527. The summed E-state index contributed by atoms with van der Waals surface area (Å²) in [4.78, 5) is 43.8. The van der Waals surface area contributed by atoms with Crippen LogP contribution in [0.5, 0.6) is 0 Å². The molecule has 0 aliphatic rings. The van der Waals surface area contributed by atoms with Crippen LogP contribution in [0.1, 0.15) is 27.7 Å². The van der Waals surface area contributed by atoms with E-state index >= 15 is 0 Å². The van der Waals surface area contributed by atoms with Gasteiger partial charge in [0, 0.05) is 6.92 Å². The van der Waals surface area contributed by atoms with E-state index in [1.807, 2.05) is 0 Å². The van der Waals surface area contributed by atoms with Crippen LogP contribution in [0.2, 0.25) is 0 Å². The number of rotatable bonds is 6. The molecule has 0 rings (SSSR count). The summed E-state index contributed by atoms with van der Waals surface area (Å²) in [6.07, 6.45) is -3.81. The SMILES string of the molecule is CC(=O)O[C@@H](C)C(=O)O[C@H](C)C(=O)O[C@H](C)C(=O)O. The number of carbonyl (C=O) groups excluding carboxylic acids is 3. The summed E-state index contributed by atoms with van der Waals surface area (Å²) >= 11 is 0. The van der Waals surface area contributed by atoms with Crippen LogP contribution in [-0.4, -0.2) is 47.3 Å². The van der Waals surface area contributed by atoms with Gasteiger partial charge >= 0.3 is 23.9 Å². The number of ether oxygens (including phenoxy) is 3. The maximum Gasteiger partial charge on any atom is 0.347 e. The van der Waals surface area contributed by atoms with Crippen molar-refractivity contribution in [3.63, 3.8) is 0 Å². The number of aliphatic carboxylic acids is 1. The van der Waals surface area contributed by atoms with E-state index in [0.29, 0.717) is 0 Å². The molecule has 0 aromatic rings. The summed E-state index contributed by atoms with van der Waals surface area (Å²) in [5.41, 5.74) is 0. The van der Waals surface area contributed by atoms with E-state index in [0.717, 1.165) is 13.8 Å². The average Bonchev–Trinajstić information content (AvgIpc) is 2.27. The van der Waals surface area contributed by atoms with Crippen molar-refractivity contribution < 1.29 is 38.5 Å². The zero-order valence-corrected chi connectivity index (χ0v) is 11.0. The summed E-state index contributed by atoms with van der Waals surface area (Å²) in [6, 6.07) is 0. The zero-order chi connectivity index (χ0) is 15.2. The minimum atomic E-state index is -1.35. The second-order valence-electron chi connectivity index (χ2n) is 3.75. The third-order valence-corrected chi connectivity index (χ3v) is 1.94. The maximum absolute atomic E-state index is 11.4. The van der Waals surface area contributed by atoms with E-state index < -0.39 is 42.2 Å². The Hall–Kier alpha value is -2.12. The number of hydrogen-bond acceptors (Lipinski definition) is 7. The smallest absolute Gasteiger partial charge is 0.347 e. The first kappa shape index (κ1) is 16.9. The molecule has 0 radical (unpaired) electrons. The van der Waals surface area contributed by atoms with Crippen molar-refractivity contribution in [2.45, 2.75) is 46.0 Å². The number of carbonyl (C=O) groups is 4. The summed E-state index contributed by atoms with van der Waals surface area (Å²) in [7, 11) is 0. The summed E-state index contributed by atoms with van der Waals surface area (Å²) in [5.74, 6) is -3.92. The standard InChI is InChI=1S/C11H16O8/c1-5(9(13)14)18-11(16)7(3)19-10(15)6(2)17-8(4)12/h5-7H,1-4H3,(H,13,14)/t5-,6+,7-/m1/s1. The Balaban J connectivity index is 4.32. The molecule has 0 aliphatic heterocycles. The van der Waals surface area contributed by atoms with Gasteiger partial charge in [0.15, 0.2) is 18.3 Å². The fraction of sp³-hybridized carbons (Fsp3) is 0.636. The number of carboxylic acid groups (broad SMARTS) is 1. The molecular weight excluding hydrogens is 260 g/mol. The Bertz CT molecular complexity index is 375. The molecule has 0 bridgehead atoms. The van der Waals surface area contributed by atoms with Gasteiger partial charge in [-0.15, -0.1) is 0 Å². The molecular formula is C11H16O8. The summed E-state index contributed by atoms with van der Waals surface area (Å²) in [6.45, 7) is 4.78. The Morgan fingerprint density at radius 1 is 0.789 bits per heavy atom. The largest absolute Gasteiger partial charge is 0.479 e. The van der Waals surface area contributed by atoms with Crippen LogP contribution >= 0.6 is 0 Å². The lowest BCUT2D eigenvalue weighted by Crippen LogP contribution is -2.35. The van der Waals surface area contributed by atoms with E-state index in [4.69, 9.17) is 5.11 Å². The highest BCUT2D eigenvalue weighted by atomic mass is 16.6. The third-order valence-electron chi connectivity index (χ3n) is 1.94. The molecule has 0 aliphatic carbocycles. The molecule has 0 saturated carbocycles. The van der Waals surface area contributed by atoms with Crippen LogP contribution in [0.15, 0.2) is 0 Å². The van der Waals surface area contributed by atoms with Gasteiger partial charge in [0.05, 0.1) is 0 Å². The molecule has 19 heavy (non-hydrogen) atoms. The zero-order valence-electron chi connectivity index (χ0n) is 11.0. The van der Waals surface area contributed by atoms with E-state index in [1.165, 1.54) is 13.8 Å². The molecule has 108 valence electrons. The monoisotopic (exact) mass is 276 g/mol. The first-order valence-corrected chi connectivity index (χ1v) is 5.46. The summed E-state index contributed by atoms with van der Waals surface area (Å²) < 4.78 is 13.7. The van der Waals surface area contributed by atoms with Gasteiger partial charge in [0.25, 0.3) is 0 Å². The Morgan fingerprint density at radius 3 is 1.53 bits per heavy atom. The Kier molecular flexibility index (Phi) is 6.53. The van der Waals surface area contributed by atoms with Crippen LogP contribution in [0.4, 0.5) is 0 Å². The lowest BCUT2D eigenvalue weighted by atomic mass is 10.3. The van der Waals surface area contributed by atoms with Crippen LogP contribution in [0, 0.1) is 0 Å². The molecule has 0 aromatic carbocycles. The average molecular weight is 276 g/mol. The van der Waals surface area contributed by atoms with Crippen molar-refractivity contribution in [3.8, 4) is 0 Å². The second-order valence-corrected chi connectivity index (χ2v) is 3.75. The molecule has 0 aromatic heterocycles. The van der Waals surface area contributed by atoms with Gasteiger partial charge in [-0.25, -0.2) is 14.4 Å². The molecule has 0 spiro atoms. The molecule has 1 N–H and O–H groups in total. The molecule has 0 fully saturated rings. The predicted molar refractivity (Wildman–Crippen MR) is 60.0 cm³/mol. The highest BCUT2D eigenvalue weighted by Crippen LogP contribution is 2.03. The second kappa shape index (κ2) is 7.34. The van der Waals surface area contributed by atoms with Crippen LogP contribution in [0.3, 0.4) is 0 Å². The van der Waals surface area contributed by atoms with Crippen LogP contribution in [0.25, 0.3) is 0 Å². The third kappa shape index (κ3) is 6.39. The van der Waals surface area contributed by atoms with Crippen molar-refractivity contribution in [1.29, 1.82) is 0 Å². The normalized spacial score (nSPS) is 14.7. The fourth-order valence-electron chi connectivity index (χ4n) is 0.936. The molecule has 8 nitrogen and oxygen atoms in total. The van der Waals surface area contributed by atoms with Crippen molar-refractivity contribution in [2.75, 3.05) is 0 Å². The van der Waals surface area contributed by atoms with Gasteiger partial charge in [-0.2, -0.15) is 0 Å². The van der Waals surface area contributed by atoms with Crippen molar-refractivity contribution >= 4 is 23.9 Å². The molecule has 0 amide bonds. The highest BCUT2D eigenvalue weighted by Gasteiger charge is 2.27. The number of esters is 3. The fourth-order valence-corrected chi connectivity index (χ4v) is 0.936. The molecule has 3 atom stereocenters. The summed E-state index contributed by atoms with van der Waals surface area (Å²) in [5, 5.41) is 8.54. The van der Waals surface area contributed by atoms with Crippen molar-refractivity contribution in [3.05, 3.63) is 0 Å². The van der Waals surface area contributed by atoms with Crippen molar-refractivity contribution in [2.24, 2.45) is 0 Å². The molecule has 0 heterocycles. The number of hydrogen-bond donors (Lipinski definition) is 1. The van der Waals surface area contributed by atoms with E-state index in [9.17, 15) is 19.2 Å². The topological polar surface area (TPSA) is 116 Å².